The fourth-order valence-electron chi connectivity index (χ4n) is 6.30. The minimum atomic E-state index is -0.128. The van der Waals surface area contributed by atoms with Gasteiger partial charge in [0.15, 0.2) is 0 Å². The number of rotatable bonds is 3. The quantitative estimate of drug-likeness (QED) is 0.927. The maximum absolute atomic E-state index is 12.9. The Morgan fingerprint density at radius 1 is 1.25 bits per heavy atom. The van der Waals surface area contributed by atoms with Crippen LogP contribution in [0.4, 0.5) is 0 Å². The van der Waals surface area contributed by atoms with Gasteiger partial charge in [-0.15, -0.1) is 0 Å². The van der Waals surface area contributed by atoms with Crippen molar-refractivity contribution >= 4 is 5.91 Å². The largest absolute Gasteiger partial charge is 0.373 e. The molecule has 7 atom stereocenters. The van der Waals surface area contributed by atoms with Gasteiger partial charge in [-0.25, -0.2) is 0 Å². The molecule has 130 valence electrons. The molecule has 3 saturated carbocycles. The van der Waals surface area contributed by atoms with E-state index in [0.29, 0.717) is 12.6 Å². The molecule has 24 heavy (non-hydrogen) atoms. The molecule has 1 amide bonds. The molecule has 0 spiro atoms. The normalized spacial score (nSPS) is 43.3. The van der Waals surface area contributed by atoms with Crippen LogP contribution in [-0.2, 0) is 16.6 Å². The molecule has 5 heteroatoms. The molecule has 0 radical (unpaired) electrons. The summed E-state index contributed by atoms with van der Waals surface area (Å²) in [6.07, 6.45) is 11.3. The van der Waals surface area contributed by atoms with Crippen molar-refractivity contribution in [1.82, 2.24) is 15.1 Å². The predicted molar refractivity (Wildman–Crippen MR) is 89.0 cm³/mol. The minimum Gasteiger partial charge on any atom is -0.373 e. The van der Waals surface area contributed by atoms with Gasteiger partial charge < -0.3 is 10.1 Å². The fraction of sp³-hybridized carbons (Fsp3) is 0.789. The monoisotopic (exact) mass is 329 g/mol. The van der Waals surface area contributed by atoms with Crippen molar-refractivity contribution in [1.29, 1.82) is 0 Å². The van der Waals surface area contributed by atoms with Gasteiger partial charge in [0.05, 0.1) is 18.2 Å². The number of aryl methyl sites for hydroxylation is 1. The number of aromatic nitrogens is 2. The van der Waals surface area contributed by atoms with Crippen LogP contribution in [-0.4, -0.2) is 28.3 Å². The van der Waals surface area contributed by atoms with Crippen LogP contribution in [0.3, 0.4) is 0 Å². The van der Waals surface area contributed by atoms with Crippen LogP contribution in [0.25, 0.3) is 0 Å². The number of hydrogen-bond donors (Lipinski definition) is 1. The molecule has 0 aromatic carbocycles. The van der Waals surface area contributed by atoms with Crippen molar-refractivity contribution in [3.05, 3.63) is 18.0 Å². The highest BCUT2D eigenvalue weighted by atomic mass is 16.5. The average Bonchev–Trinajstić information content (AvgIpc) is 3.34. The molecule has 4 fully saturated rings. The maximum atomic E-state index is 12.9. The number of fused-ring (bicyclic) bond motifs is 5. The summed E-state index contributed by atoms with van der Waals surface area (Å²) in [6, 6.07) is 0.414. The topological polar surface area (TPSA) is 56.1 Å². The molecule has 5 nitrogen and oxygen atoms in total. The van der Waals surface area contributed by atoms with Crippen LogP contribution in [0, 0.1) is 29.6 Å². The molecule has 1 aromatic heterocycles. The summed E-state index contributed by atoms with van der Waals surface area (Å²) in [4.78, 5) is 12.9. The van der Waals surface area contributed by atoms with E-state index in [4.69, 9.17) is 4.74 Å². The summed E-state index contributed by atoms with van der Waals surface area (Å²) in [7, 11) is 1.90. The van der Waals surface area contributed by atoms with E-state index in [0.717, 1.165) is 35.7 Å². The molecule has 4 aliphatic rings. The molecule has 5 rings (SSSR count). The molecule has 1 N–H and O–H groups in total. The van der Waals surface area contributed by atoms with Crippen LogP contribution in [0.5, 0.6) is 0 Å². The summed E-state index contributed by atoms with van der Waals surface area (Å²) in [5, 5.41) is 7.66. The van der Waals surface area contributed by atoms with Gasteiger partial charge in [0.25, 0.3) is 0 Å². The summed E-state index contributed by atoms with van der Waals surface area (Å²) in [5.41, 5.74) is 1.03. The van der Waals surface area contributed by atoms with E-state index < -0.39 is 0 Å². The van der Waals surface area contributed by atoms with E-state index >= 15 is 0 Å². The number of ether oxygens (including phenoxy) is 1. The zero-order valence-electron chi connectivity index (χ0n) is 14.4. The predicted octanol–water partition coefficient (Wildman–Crippen LogP) is 2.44. The van der Waals surface area contributed by atoms with Crippen molar-refractivity contribution in [3.63, 3.8) is 0 Å². The van der Waals surface area contributed by atoms with Gasteiger partial charge in [0.2, 0.25) is 5.91 Å². The Morgan fingerprint density at radius 2 is 2.12 bits per heavy atom. The molecule has 3 aliphatic carbocycles. The lowest BCUT2D eigenvalue weighted by Gasteiger charge is -2.33. The summed E-state index contributed by atoms with van der Waals surface area (Å²) < 4.78 is 7.65. The fourth-order valence-corrected chi connectivity index (χ4v) is 6.30. The van der Waals surface area contributed by atoms with Gasteiger partial charge in [-0.2, -0.15) is 5.10 Å². The summed E-state index contributed by atoms with van der Waals surface area (Å²) in [5.74, 6) is 3.62. The smallest absolute Gasteiger partial charge is 0.226 e. The van der Waals surface area contributed by atoms with E-state index in [9.17, 15) is 4.79 Å². The number of carbonyl (C=O) groups is 1. The Labute approximate surface area is 143 Å². The second-order valence-corrected chi connectivity index (χ2v) is 8.40. The molecular formula is C19H27N3O2. The van der Waals surface area contributed by atoms with Gasteiger partial charge in [-0.05, 0) is 55.8 Å². The first-order valence-corrected chi connectivity index (χ1v) is 9.61. The van der Waals surface area contributed by atoms with Crippen LogP contribution in [0.2, 0.25) is 0 Å². The minimum absolute atomic E-state index is 0.0623. The first-order chi connectivity index (χ1) is 11.7. The highest BCUT2D eigenvalue weighted by Crippen LogP contribution is 2.58. The van der Waals surface area contributed by atoms with E-state index in [1.807, 2.05) is 19.4 Å². The van der Waals surface area contributed by atoms with Crippen molar-refractivity contribution in [2.45, 2.75) is 50.7 Å². The van der Waals surface area contributed by atoms with E-state index in [-0.39, 0.29) is 17.9 Å². The lowest BCUT2D eigenvalue weighted by molar-refractivity contribution is -0.128. The molecule has 1 aliphatic heterocycles. The first-order valence-electron chi connectivity index (χ1n) is 9.61. The zero-order chi connectivity index (χ0) is 16.3. The molecule has 5 unspecified atom stereocenters. The standard InChI is InChI=1S/C19H27N3O2/c1-22-10-12(9-20-22)18-15(5-6-24-18)19(23)21-17-8-11-7-16(17)14-4-2-3-13(11)14/h9-11,13-18H,2-8H2,1H3,(H,21,23)/t11?,13?,14?,15-,16?,17?,18+/m1/s1. The van der Waals surface area contributed by atoms with Crippen LogP contribution in [0.15, 0.2) is 12.4 Å². The van der Waals surface area contributed by atoms with Crippen molar-refractivity contribution in [3.8, 4) is 0 Å². The molecule has 1 saturated heterocycles. The lowest BCUT2D eigenvalue weighted by atomic mass is 9.79. The van der Waals surface area contributed by atoms with Crippen molar-refractivity contribution in [2.75, 3.05) is 6.61 Å². The third-order valence-electron chi connectivity index (χ3n) is 7.24. The van der Waals surface area contributed by atoms with Crippen molar-refractivity contribution in [2.24, 2.45) is 36.6 Å². The number of hydrogen-bond acceptors (Lipinski definition) is 3. The van der Waals surface area contributed by atoms with E-state index in [1.165, 1.54) is 32.1 Å². The zero-order valence-corrected chi connectivity index (χ0v) is 14.4. The van der Waals surface area contributed by atoms with Gasteiger partial charge in [-0.1, -0.05) is 6.42 Å². The van der Waals surface area contributed by atoms with Gasteiger partial charge in [-0.3, -0.25) is 9.48 Å². The first kappa shape index (κ1) is 14.9. The number of nitrogens with zero attached hydrogens (tertiary/aromatic N) is 2. The van der Waals surface area contributed by atoms with Crippen LogP contribution in [0.1, 0.15) is 50.2 Å². The van der Waals surface area contributed by atoms with Gasteiger partial charge in [0, 0.05) is 31.5 Å². The number of amides is 1. The molecular weight excluding hydrogens is 302 g/mol. The average molecular weight is 329 g/mol. The second-order valence-electron chi connectivity index (χ2n) is 8.40. The Morgan fingerprint density at radius 3 is 2.96 bits per heavy atom. The third kappa shape index (κ3) is 2.24. The summed E-state index contributed by atoms with van der Waals surface area (Å²) in [6.45, 7) is 0.666. The molecule has 1 aromatic rings. The highest BCUT2D eigenvalue weighted by Gasteiger charge is 2.54. The van der Waals surface area contributed by atoms with Gasteiger partial charge in [0.1, 0.15) is 0 Å². The van der Waals surface area contributed by atoms with Crippen molar-refractivity contribution < 1.29 is 9.53 Å². The highest BCUT2D eigenvalue weighted by molar-refractivity contribution is 5.80. The SMILES string of the molecule is Cn1cc([C@@H]2OCC[C@H]2C(=O)NC2CC3CC2C2CCCC32)cn1. The maximum Gasteiger partial charge on any atom is 0.226 e. The van der Waals surface area contributed by atoms with E-state index in [1.54, 1.807) is 4.68 Å². The molecule has 2 bridgehead atoms. The Balaban J connectivity index is 1.27. The second kappa shape index (κ2) is 5.58. The van der Waals surface area contributed by atoms with Crippen LogP contribution >= 0.6 is 0 Å². The lowest BCUT2D eigenvalue weighted by Crippen LogP contribution is -2.45. The number of carbonyl (C=O) groups excluding carboxylic acids is 1. The van der Waals surface area contributed by atoms with Crippen LogP contribution < -0.4 is 5.32 Å². The Kier molecular flexibility index (Phi) is 3.47. The Hall–Kier alpha value is -1.36. The summed E-state index contributed by atoms with van der Waals surface area (Å²) >= 11 is 0. The third-order valence-corrected chi connectivity index (χ3v) is 7.24. The Bertz CT molecular complexity index is 642. The van der Waals surface area contributed by atoms with E-state index in [2.05, 4.69) is 10.4 Å². The number of nitrogens with one attached hydrogen (secondary N) is 1. The molecule has 2 heterocycles. The van der Waals surface area contributed by atoms with Gasteiger partial charge >= 0.3 is 0 Å².